The molecule has 1 heterocycles. The Labute approximate surface area is 150 Å². The number of likely N-dealkylation sites (N-methyl/N-ethyl adjacent to an activating group) is 1. The van der Waals surface area contributed by atoms with E-state index in [1.807, 2.05) is 25.2 Å². The highest BCUT2D eigenvalue weighted by Crippen LogP contribution is 2.31. The Morgan fingerprint density at radius 2 is 1.83 bits per heavy atom. The minimum Gasteiger partial charge on any atom is -0.314 e. The zero-order valence-corrected chi connectivity index (χ0v) is 14.7. The fraction of sp³-hybridized carbons (Fsp3) is 0.333. The minimum absolute atomic E-state index is 0.232. The molecule has 0 saturated carbocycles. The molecule has 128 valence electrons. The number of benzene rings is 2. The van der Waals surface area contributed by atoms with Crippen LogP contribution in [0.2, 0.25) is 10.0 Å². The van der Waals surface area contributed by atoms with Crippen molar-refractivity contribution in [1.82, 2.24) is 10.2 Å². The maximum Gasteiger partial charge on any atom is 0.159 e. The number of hydrogen-bond acceptors (Lipinski definition) is 2. The summed E-state index contributed by atoms with van der Waals surface area (Å²) in [5, 5.41) is 4.47. The van der Waals surface area contributed by atoms with Gasteiger partial charge in [0.25, 0.3) is 0 Å². The highest BCUT2D eigenvalue weighted by molar-refractivity contribution is 6.42. The maximum atomic E-state index is 13.4. The van der Waals surface area contributed by atoms with Gasteiger partial charge < -0.3 is 5.32 Å². The first-order chi connectivity index (χ1) is 11.5. The van der Waals surface area contributed by atoms with Gasteiger partial charge in [0.05, 0.1) is 10.0 Å². The van der Waals surface area contributed by atoms with Crippen molar-refractivity contribution in [3.05, 3.63) is 69.2 Å². The van der Waals surface area contributed by atoms with Crippen molar-refractivity contribution in [3.63, 3.8) is 0 Å². The Hall–Kier alpha value is -1.20. The van der Waals surface area contributed by atoms with Crippen LogP contribution < -0.4 is 5.32 Å². The Morgan fingerprint density at radius 1 is 1.04 bits per heavy atom. The second kappa shape index (κ2) is 7.36. The quantitative estimate of drug-likeness (QED) is 0.854. The molecule has 2 nitrogen and oxygen atoms in total. The summed E-state index contributed by atoms with van der Waals surface area (Å²) in [6.45, 7) is 2.21. The van der Waals surface area contributed by atoms with Crippen molar-refractivity contribution >= 4 is 23.2 Å². The normalized spacial score (nSPS) is 20.8. The SMILES string of the molecule is CN(Cc1ccc(F)c(F)c1)C1CNCC1c1ccc(Cl)c(Cl)c1. The molecule has 0 aromatic heterocycles. The van der Waals surface area contributed by atoms with E-state index in [0.29, 0.717) is 16.6 Å². The second-order valence-corrected chi connectivity index (χ2v) is 6.98. The third-order valence-electron chi connectivity index (χ3n) is 4.54. The molecule has 24 heavy (non-hydrogen) atoms. The molecular weight excluding hydrogens is 353 g/mol. The lowest BCUT2D eigenvalue weighted by Gasteiger charge is -2.29. The molecule has 0 radical (unpaired) electrons. The highest BCUT2D eigenvalue weighted by atomic mass is 35.5. The average molecular weight is 371 g/mol. The fourth-order valence-corrected chi connectivity index (χ4v) is 3.56. The Bertz CT molecular complexity index is 739. The predicted octanol–water partition coefficient (Wildman–Crippen LogP) is 4.46. The molecular formula is C18H18Cl2F2N2. The van der Waals surface area contributed by atoms with Gasteiger partial charge in [-0.05, 0) is 42.4 Å². The minimum atomic E-state index is -0.822. The van der Waals surface area contributed by atoms with E-state index in [9.17, 15) is 8.78 Å². The van der Waals surface area contributed by atoms with Crippen LogP contribution in [0.25, 0.3) is 0 Å². The van der Waals surface area contributed by atoms with Gasteiger partial charge in [-0.2, -0.15) is 0 Å². The lowest BCUT2D eigenvalue weighted by Crippen LogP contribution is -2.36. The van der Waals surface area contributed by atoms with Crippen LogP contribution in [0.1, 0.15) is 17.0 Å². The van der Waals surface area contributed by atoms with E-state index in [1.54, 1.807) is 6.07 Å². The molecule has 2 atom stereocenters. The molecule has 1 fully saturated rings. The molecule has 0 spiro atoms. The summed E-state index contributed by atoms with van der Waals surface area (Å²) in [7, 11) is 1.99. The number of hydrogen-bond donors (Lipinski definition) is 1. The summed E-state index contributed by atoms with van der Waals surface area (Å²) in [6, 6.07) is 9.97. The molecule has 2 aromatic carbocycles. The molecule has 3 rings (SSSR count). The van der Waals surface area contributed by atoms with Gasteiger partial charge in [0, 0.05) is 31.6 Å². The molecule has 1 N–H and O–H groups in total. The summed E-state index contributed by atoms with van der Waals surface area (Å²) in [5.74, 6) is -1.38. The summed E-state index contributed by atoms with van der Waals surface area (Å²) in [4.78, 5) is 2.15. The van der Waals surface area contributed by atoms with Crippen molar-refractivity contribution in [2.45, 2.75) is 18.5 Å². The summed E-state index contributed by atoms with van der Waals surface area (Å²) in [5.41, 5.74) is 1.87. The number of halogens is 4. The van der Waals surface area contributed by atoms with Gasteiger partial charge in [-0.25, -0.2) is 8.78 Å². The van der Waals surface area contributed by atoms with Crippen LogP contribution in [-0.4, -0.2) is 31.1 Å². The van der Waals surface area contributed by atoms with E-state index >= 15 is 0 Å². The molecule has 0 aliphatic carbocycles. The number of rotatable bonds is 4. The van der Waals surface area contributed by atoms with E-state index in [4.69, 9.17) is 23.2 Å². The molecule has 0 bridgehead atoms. The van der Waals surface area contributed by atoms with Gasteiger partial charge in [-0.1, -0.05) is 35.3 Å². The first-order valence-electron chi connectivity index (χ1n) is 7.75. The van der Waals surface area contributed by atoms with Gasteiger partial charge in [0.2, 0.25) is 0 Å². The van der Waals surface area contributed by atoms with E-state index in [2.05, 4.69) is 10.2 Å². The zero-order valence-electron chi connectivity index (χ0n) is 13.2. The maximum absolute atomic E-state index is 13.4. The smallest absolute Gasteiger partial charge is 0.159 e. The number of nitrogens with one attached hydrogen (secondary N) is 1. The Morgan fingerprint density at radius 3 is 2.54 bits per heavy atom. The first-order valence-corrected chi connectivity index (χ1v) is 8.51. The molecule has 2 aromatic rings. The predicted molar refractivity (Wildman–Crippen MR) is 93.7 cm³/mol. The van der Waals surface area contributed by atoms with Crippen molar-refractivity contribution in [1.29, 1.82) is 0 Å². The van der Waals surface area contributed by atoms with E-state index in [-0.39, 0.29) is 12.0 Å². The molecule has 6 heteroatoms. The average Bonchev–Trinajstić information content (AvgIpc) is 3.03. The monoisotopic (exact) mass is 370 g/mol. The van der Waals surface area contributed by atoms with Gasteiger partial charge in [0.1, 0.15) is 0 Å². The van der Waals surface area contributed by atoms with E-state index < -0.39 is 11.6 Å². The topological polar surface area (TPSA) is 15.3 Å². The van der Waals surface area contributed by atoms with Gasteiger partial charge in [0.15, 0.2) is 11.6 Å². The third-order valence-corrected chi connectivity index (χ3v) is 5.28. The van der Waals surface area contributed by atoms with Crippen LogP contribution in [-0.2, 0) is 6.54 Å². The van der Waals surface area contributed by atoms with Crippen LogP contribution in [0.4, 0.5) is 8.78 Å². The lowest BCUT2D eigenvalue weighted by atomic mass is 9.93. The first kappa shape index (κ1) is 17.6. The molecule has 1 aliphatic rings. The summed E-state index contributed by atoms with van der Waals surface area (Å²) in [6.07, 6.45) is 0. The van der Waals surface area contributed by atoms with E-state index in [1.165, 1.54) is 12.1 Å². The molecule has 1 aliphatic heterocycles. The Balaban J connectivity index is 1.76. The second-order valence-electron chi connectivity index (χ2n) is 6.17. The van der Waals surface area contributed by atoms with E-state index in [0.717, 1.165) is 24.2 Å². The fourth-order valence-electron chi connectivity index (χ4n) is 3.25. The van der Waals surface area contributed by atoms with Crippen LogP contribution in [0.15, 0.2) is 36.4 Å². The van der Waals surface area contributed by atoms with Gasteiger partial charge in [-0.3, -0.25) is 4.90 Å². The van der Waals surface area contributed by atoms with Gasteiger partial charge in [-0.15, -0.1) is 0 Å². The Kier molecular flexibility index (Phi) is 5.40. The van der Waals surface area contributed by atoms with Crippen LogP contribution in [0.5, 0.6) is 0 Å². The van der Waals surface area contributed by atoms with Crippen LogP contribution in [0.3, 0.4) is 0 Å². The molecule has 1 saturated heterocycles. The van der Waals surface area contributed by atoms with Crippen LogP contribution in [0, 0.1) is 11.6 Å². The van der Waals surface area contributed by atoms with Crippen molar-refractivity contribution in [2.24, 2.45) is 0 Å². The van der Waals surface area contributed by atoms with Crippen molar-refractivity contribution < 1.29 is 8.78 Å². The standard InChI is InChI=1S/C18H18Cl2F2N2/c1-24(10-11-2-5-16(21)17(22)6-11)18-9-23-8-13(18)12-3-4-14(19)15(20)7-12/h2-7,13,18,23H,8-10H2,1H3. The highest BCUT2D eigenvalue weighted by Gasteiger charge is 2.31. The number of nitrogens with zero attached hydrogens (tertiary/aromatic N) is 1. The van der Waals surface area contributed by atoms with Gasteiger partial charge >= 0.3 is 0 Å². The lowest BCUT2D eigenvalue weighted by molar-refractivity contribution is 0.231. The zero-order chi connectivity index (χ0) is 17.3. The molecule has 0 amide bonds. The van der Waals surface area contributed by atoms with Crippen molar-refractivity contribution in [3.8, 4) is 0 Å². The summed E-state index contributed by atoms with van der Waals surface area (Å²) < 4.78 is 26.5. The summed E-state index contributed by atoms with van der Waals surface area (Å²) >= 11 is 12.1. The third kappa shape index (κ3) is 3.72. The largest absolute Gasteiger partial charge is 0.314 e. The van der Waals surface area contributed by atoms with Crippen LogP contribution >= 0.6 is 23.2 Å². The van der Waals surface area contributed by atoms with Crippen molar-refractivity contribution in [2.75, 3.05) is 20.1 Å². The molecule has 2 unspecified atom stereocenters.